The largest absolute Gasteiger partial charge is 0.285 e. The lowest BCUT2D eigenvalue weighted by Gasteiger charge is -1.94. The van der Waals surface area contributed by atoms with E-state index >= 15 is 0 Å². The van der Waals surface area contributed by atoms with E-state index in [0.29, 0.717) is 0 Å². The van der Waals surface area contributed by atoms with Gasteiger partial charge in [-0.1, -0.05) is 11.6 Å². The summed E-state index contributed by atoms with van der Waals surface area (Å²) >= 11 is 5.83. The Hall–Kier alpha value is -0.790. The molecule has 2 rings (SSSR count). The van der Waals surface area contributed by atoms with Crippen LogP contribution in [0.3, 0.4) is 0 Å². The van der Waals surface area contributed by atoms with Crippen LogP contribution in [0.1, 0.15) is 12.5 Å². The molecule has 0 radical (unpaired) electrons. The van der Waals surface area contributed by atoms with Crippen LogP contribution in [0.5, 0.6) is 0 Å². The molecule has 0 saturated heterocycles. The molecule has 0 aromatic heterocycles. The first-order valence-corrected chi connectivity index (χ1v) is 3.96. The van der Waals surface area contributed by atoms with E-state index in [1.54, 1.807) is 0 Å². The van der Waals surface area contributed by atoms with E-state index in [1.165, 1.54) is 16.9 Å². The average Bonchev–Trinajstić information content (AvgIpc) is 2.27. The Kier molecular flexibility index (Phi) is 1.48. The third kappa shape index (κ3) is 1.17. The van der Waals surface area contributed by atoms with Crippen molar-refractivity contribution in [3.63, 3.8) is 0 Å². The molecule has 0 unspecified atom stereocenters. The molecule has 56 valence electrons. The third-order valence-electron chi connectivity index (χ3n) is 1.82. The summed E-state index contributed by atoms with van der Waals surface area (Å²) in [5.41, 5.74) is 3.80. The maximum atomic E-state index is 5.83. The molecule has 0 bridgehead atoms. The number of hydrogen-bond acceptors (Lipinski definition) is 0. The molecule has 1 aromatic carbocycles. The highest BCUT2D eigenvalue weighted by Gasteiger charge is 2.13. The molecule has 2 heteroatoms. The van der Waals surface area contributed by atoms with Gasteiger partial charge in [0, 0.05) is 29.7 Å². The molecule has 0 atom stereocenters. The minimum Gasteiger partial charge on any atom is -0.285 e. The van der Waals surface area contributed by atoms with Crippen LogP contribution in [0.15, 0.2) is 23.9 Å². The Morgan fingerprint density at radius 3 is 3.00 bits per heavy atom. The zero-order chi connectivity index (χ0) is 7.84. The second-order valence-corrected chi connectivity index (χ2v) is 3.24. The Balaban J connectivity index is 2.54. The fourth-order valence-electron chi connectivity index (χ4n) is 1.33. The first-order valence-electron chi connectivity index (χ1n) is 3.58. The van der Waals surface area contributed by atoms with Crippen LogP contribution in [0.25, 0.3) is 6.08 Å². The van der Waals surface area contributed by atoms with Gasteiger partial charge in [-0.25, -0.2) is 0 Å². The number of nitrogens with two attached hydrogens (primary N) is 1. The highest BCUT2D eigenvalue weighted by Crippen LogP contribution is 2.22. The van der Waals surface area contributed by atoms with Crippen molar-refractivity contribution >= 4 is 23.4 Å². The molecule has 0 fully saturated rings. The SMILES string of the molecule is CC1=Cc2cc(Cl)ccc2[NH2+]1. The van der Waals surface area contributed by atoms with Gasteiger partial charge in [0.25, 0.3) is 0 Å². The third-order valence-corrected chi connectivity index (χ3v) is 2.05. The number of benzene rings is 1. The zero-order valence-corrected chi connectivity index (χ0v) is 7.02. The number of halogens is 1. The molecule has 0 amide bonds. The summed E-state index contributed by atoms with van der Waals surface area (Å²) in [6.45, 7) is 2.09. The molecule has 1 aromatic rings. The molecule has 0 aliphatic carbocycles. The maximum Gasteiger partial charge on any atom is 0.141 e. The molecule has 1 nitrogen and oxygen atoms in total. The summed E-state index contributed by atoms with van der Waals surface area (Å²) in [6, 6.07) is 5.96. The Labute approximate surface area is 70.7 Å². The van der Waals surface area contributed by atoms with E-state index in [-0.39, 0.29) is 0 Å². The summed E-state index contributed by atoms with van der Waals surface area (Å²) in [6.07, 6.45) is 2.14. The Morgan fingerprint density at radius 1 is 1.36 bits per heavy atom. The predicted molar refractivity (Wildman–Crippen MR) is 46.7 cm³/mol. The molecule has 1 aliphatic rings. The van der Waals surface area contributed by atoms with Crippen molar-refractivity contribution in [2.45, 2.75) is 6.92 Å². The summed E-state index contributed by atoms with van der Waals surface area (Å²) in [5.74, 6) is 0. The Bertz CT molecular complexity index is 328. The molecule has 1 aliphatic heterocycles. The summed E-state index contributed by atoms with van der Waals surface area (Å²) in [4.78, 5) is 0. The van der Waals surface area contributed by atoms with Crippen molar-refractivity contribution in [2.24, 2.45) is 0 Å². The van der Waals surface area contributed by atoms with Crippen molar-refractivity contribution < 1.29 is 5.32 Å². The molecule has 0 spiro atoms. The molecule has 0 saturated carbocycles. The van der Waals surface area contributed by atoms with Crippen LogP contribution in [0, 0.1) is 0 Å². The summed E-state index contributed by atoms with van der Waals surface area (Å²) < 4.78 is 0. The van der Waals surface area contributed by atoms with Crippen LogP contribution in [-0.2, 0) is 0 Å². The van der Waals surface area contributed by atoms with Crippen LogP contribution in [0.2, 0.25) is 5.02 Å². The van der Waals surface area contributed by atoms with Crippen molar-refractivity contribution in [2.75, 3.05) is 0 Å². The molecular weight excluding hydrogens is 158 g/mol. The summed E-state index contributed by atoms with van der Waals surface area (Å²) in [5, 5.41) is 2.97. The van der Waals surface area contributed by atoms with Gasteiger partial charge in [0.1, 0.15) is 11.4 Å². The average molecular weight is 167 g/mol. The fourth-order valence-corrected chi connectivity index (χ4v) is 1.51. The van der Waals surface area contributed by atoms with Gasteiger partial charge in [-0.2, -0.15) is 0 Å². The van der Waals surface area contributed by atoms with Gasteiger partial charge >= 0.3 is 0 Å². The second-order valence-electron chi connectivity index (χ2n) is 2.81. The smallest absolute Gasteiger partial charge is 0.141 e. The number of fused-ring (bicyclic) bond motifs is 1. The van der Waals surface area contributed by atoms with Gasteiger partial charge in [0.2, 0.25) is 0 Å². The number of hydrogen-bond donors (Lipinski definition) is 1. The first-order chi connectivity index (χ1) is 5.25. The molecular formula is C9H9ClN+. The highest BCUT2D eigenvalue weighted by molar-refractivity contribution is 6.30. The molecule has 11 heavy (non-hydrogen) atoms. The normalized spacial score (nSPS) is 14.5. The fraction of sp³-hybridized carbons (Fsp3) is 0.111. The first kappa shape index (κ1) is 6.89. The van der Waals surface area contributed by atoms with Gasteiger partial charge in [-0.3, -0.25) is 5.32 Å². The Morgan fingerprint density at radius 2 is 2.18 bits per heavy atom. The van der Waals surface area contributed by atoms with Gasteiger partial charge in [-0.05, 0) is 12.1 Å². The predicted octanol–water partition coefficient (Wildman–Crippen LogP) is 1.91. The van der Waals surface area contributed by atoms with Gasteiger partial charge in [0.15, 0.2) is 0 Å². The van der Waals surface area contributed by atoms with E-state index in [1.807, 2.05) is 18.2 Å². The topological polar surface area (TPSA) is 16.6 Å². The van der Waals surface area contributed by atoms with E-state index in [4.69, 9.17) is 11.6 Å². The van der Waals surface area contributed by atoms with Gasteiger partial charge < -0.3 is 0 Å². The molecule has 1 heterocycles. The molecule has 2 N–H and O–H groups in total. The van der Waals surface area contributed by atoms with Crippen molar-refractivity contribution in [1.29, 1.82) is 0 Å². The number of allylic oxidation sites excluding steroid dienone is 1. The van der Waals surface area contributed by atoms with Crippen molar-refractivity contribution in [1.82, 2.24) is 0 Å². The van der Waals surface area contributed by atoms with Crippen LogP contribution in [0.4, 0.5) is 5.69 Å². The minimum atomic E-state index is 0.808. The van der Waals surface area contributed by atoms with Gasteiger partial charge in [-0.15, -0.1) is 0 Å². The standard InChI is InChI=1S/C9H8ClN/c1-6-4-7-5-8(10)2-3-9(7)11-6/h2-5,11H,1H3/p+1. The number of quaternary nitrogens is 1. The number of rotatable bonds is 0. The van der Waals surface area contributed by atoms with Crippen LogP contribution < -0.4 is 5.32 Å². The maximum absolute atomic E-state index is 5.83. The second kappa shape index (κ2) is 2.36. The summed E-state index contributed by atoms with van der Waals surface area (Å²) in [7, 11) is 0. The minimum absolute atomic E-state index is 0.808. The van der Waals surface area contributed by atoms with E-state index in [9.17, 15) is 0 Å². The van der Waals surface area contributed by atoms with E-state index < -0.39 is 0 Å². The van der Waals surface area contributed by atoms with Crippen LogP contribution >= 0.6 is 11.6 Å². The quantitative estimate of drug-likeness (QED) is 0.567. The van der Waals surface area contributed by atoms with Crippen LogP contribution in [-0.4, -0.2) is 0 Å². The lowest BCUT2D eigenvalue weighted by Crippen LogP contribution is -2.73. The zero-order valence-electron chi connectivity index (χ0n) is 6.26. The lowest BCUT2D eigenvalue weighted by atomic mass is 10.2. The van der Waals surface area contributed by atoms with E-state index in [2.05, 4.69) is 18.3 Å². The van der Waals surface area contributed by atoms with Crippen molar-refractivity contribution in [3.8, 4) is 0 Å². The lowest BCUT2D eigenvalue weighted by molar-refractivity contribution is -0.512. The van der Waals surface area contributed by atoms with E-state index in [0.717, 1.165) is 5.02 Å². The highest BCUT2D eigenvalue weighted by atomic mass is 35.5. The van der Waals surface area contributed by atoms with Gasteiger partial charge in [0.05, 0.1) is 0 Å². The monoisotopic (exact) mass is 166 g/mol. The van der Waals surface area contributed by atoms with Crippen molar-refractivity contribution in [3.05, 3.63) is 34.5 Å².